The largest absolute Gasteiger partial charge is 0.496 e. The molecule has 2 aliphatic rings. The molecule has 1 aromatic carbocycles. The third-order valence-corrected chi connectivity index (χ3v) is 6.08. The van der Waals surface area contributed by atoms with Gasteiger partial charge in [-0.05, 0) is 61.6 Å². The predicted molar refractivity (Wildman–Crippen MR) is 148 cm³/mol. The minimum Gasteiger partial charge on any atom is -0.496 e. The molecule has 0 aromatic heterocycles. The van der Waals surface area contributed by atoms with Gasteiger partial charge >= 0.3 is 6.03 Å². The van der Waals surface area contributed by atoms with Gasteiger partial charge in [0.25, 0.3) is 5.91 Å². The maximum Gasteiger partial charge on any atom is 0.317 e. The number of amidine groups is 2. The van der Waals surface area contributed by atoms with Crippen molar-refractivity contribution in [1.29, 1.82) is 10.8 Å². The lowest BCUT2D eigenvalue weighted by atomic mass is 9.96. The molecule has 37 heavy (non-hydrogen) atoms. The Morgan fingerprint density at radius 1 is 1.19 bits per heavy atom. The third-order valence-electron chi connectivity index (χ3n) is 6.08. The van der Waals surface area contributed by atoms with Crippen LogP contribution < -0.4 is 15.4 Å². The first-order valence-corrected chi connectivity index (χ1v) is 12.8. The summed E-state index contributed by atoms with van der Waals surface area (Å²) in [6.07, 6.45) is 7.43. The molecular formula is C28H40N6O3. The van der Waals surface area contributed by atoms with E-state index in [1.807, 2.05) is 33.8 Å². The highest BCUT2D eigenvalue weighted by molar-refractivity contribution is 6.07. The van der Waals surface area contributed by atoms with Crippen molar-refractivity contribution >= 4 is 23.6 Å². The summed E-state index contributed by atoms with van der Waals surface area (Å²) in [6, 6.07) is 3.53. The van der Waals surface area contributed by atoms with Crippen LogP contribution in [0, 0.1) is 10.8 Å². The molecule has 0 radical (unpaired) electrons. The van der Waals surface area contributed by atoms with Crippen LogP contribution in [0.15, 0.2) is 48.2 Å². The van der Waals surface area contributed by atoms with Gasteiger partial charge in [-0.15, -0.1) is 0 Å². The Kier molecular flexibility index (Phi) is 11.1. The van der Waals surface area contributed by atoms with Crippen molar-refractivity contribution in [2.24, 2.45) is 0 Å². The molecule has 0 atom stereocenters. The summed E-state index contributed by atoms with van der Waals surface area (Å²) < 4.78 is 5.47. The van der Waals surface area contributed by atoms with E-state index in [-0.39, 0.29) is 11.9 Å². The molecule has 1 fully saturated rings. The smallest absolute Gasteiger partial charge is 0.317 e. The number of hydrogen-bond acceptors (Lipinski definition) is 5. The lowest BCUT2D eigenvalue weighted by Crippen LogP contribution is -2.42. The summed E-state index contributed by atoms with van der Waals surface area (Å²) in [5.74, 6) is 0.902. The van der Waals surface area contributed by atoms with E-state index in [1.165, 1.54) is 7.11 Å². The number of allylic oxidation sites excluding steroid dienone is 3. The number of ether oxygens (including phenoxy) is 1. The van der Waals surface area contributed by atoms with Crippen LogP contribution in [0.5, 0.6) is 5.75 Å². The van der Waals surface area contributed by atoms with Crippen molar-refractivity contribution in [3.63, 3.8) is 0 Å². The lowest BCUT2D eigenvalue weighted by molar-refractivity contribution is 0.0964. The molecule has 9 nitrogen and oxygen atoms in total. The number of nitrogens with one attached hydrogen (secondary N) is 4. The molecular weight excluding hydrogens is 468 g/mol. The Morgan fingerprint density at radius 3 is 2.54 bits per heavy atom. The number of nitrogens with zero attached hydrogens (tertiary/aromatic N) is 2. The van der Waals surface area contributed by atoms with E-state index in [2.05, 4.69) is 17.2 Å². The van der Waals surface area contributed by atoms with Gasteiger partial charge in [0.1, 0.15) is 17.4 Å². The molecule has 4 N–H and O–H groups in total. The summed E-state index contributed by atoms with van der Waals surface area (Å²) in [6.45, 7) is 13.9. The minimum atomic E-state index is -0.353. The van der Waals surface area contributed by atoms with Crippen LogP contribution in [0.1, 0.15) is 62.0 Å². The first-order valence-electron chi connectivity index (χ1n) is 12.8. The second kappa shape index (κ2) is 14.0. The SMILES string of the molecule is C=C(/C=C\C=C(/C)C(=N)N1CCCC1=N)NC(=O)c1cc2c(cc1OC)CCN(C(=O)NCC)C2.CC. The van der Waals surface area contributed by atoms with Crippen molar-refractivity contribution in [3.05, 3.63) is 64.9 Å². The number of fused-ring (bicyclic) bond motifs is 1. The van der Waals surface area contributed by atoms with Crippen LogP contribution in [0.25, 0.3) is 0 Å². The lowest BCUT2D eigenvalue weighted by Gasteiger charge is -2.29. The van der Waals surface area contributed by atoms with Gasteiger partial charge in [0.15, 0.2) is 0 Å². The monoisotopic (exact) mass is 508 g/mol. The zero-order valence-corrected chi connectivity index (χ0v) is 22.7. The zero-order chi connectivity index (χ0) is 27.5. The summed E-state index contributed by atoms with van der Waals surface area (Å²) in [7, 11) is 1.53. The second-order valence-electron chi connectivity index (χ2n) is 8.57. The van der Waals surface area contributed by atoms with Crippen molar-refractivity contribution < 1.29 is 14.3 Å². The van der Waals surface area contributed by atoms with Gasteiger partial charge in [0.05, 0.1) is 12.7 Å². The van der Waals surface area contributed by atoms with Gasteiger partial charge in [-0.2, -0.15) is 0 Å². The van der Waals surface area contributed by atoms with Gasteiger partial charge in [-0.25, -0.2) is 4.79 Å². The zero-order valence-electron chi connectivity index (χ0n) is 22.7. The van der Waals surface area contributed by atoms with Crippen LogP contribution in [-0.4, -0.2) is 60.2 Å². The Balaban J connectivity index is 0.00000235. The Labute approximate surface area is 220 Å². The Bertz CT molecular complexity index is 1110. The molecule has 0 unspecified atom stereocenters. The fraction of sp³-hybridized carbons (Fsp3) is 0.429. The van der Waals surface area contributed by atoms with Crippen LogP contribution in [0.2, 0.25) is 0 Å². The maximum atomic E-state index is 13.0. The van der Waals surface area contributed by atoms with Crippen molar-refractivity contribution in [2.75, 3.05) is 26.7 Å². The maximum absolute atomic E-state index is 13.0. The van der Waals surface area contributed by atoms with Gasteiger partial charge < -0.3 is 25.2 Å². The number of urea groups is 1. The molecule has 1 saturated heterocycles. The van der Waals surface area contributed by atoms with Crippen LogP contribution in [-0.2, 0) is 13.0 Å². The molecule has 2 aliphatic heterocycles. The van der Waals surface area contributed by atoms with Crippen LogP contribution in [0.3, 0.4) is 0 Å². The molecule has 0 saturated carbocycles. The minimum absolute atomic E-state index is 0.114. The average molecular weight is 509 g/mol. The fourth-order valence-electron chi connectivity index (χ4n) is 4.15. The summed E-state index contributed by atoms with van der Waals surface area (Å²) in [4.78, 5) is 28.7. The highest BCUT2D eigenvalue weighted by atomic mass is 16.5. The third kappa shape index (κ3) is 7.55. The molecule has 0 aliphatic carbocycles. The number of rotatable bonds is 7. The summed E-state index contributed by atoms with van der Waals surface area (Å²) in [5, 5.41) is 21.8. The number of benzene rings is 1. The van der Waals surface area contributed by atoms with Crippen molar-refractivity contribution in [2.45, 2.75) is 53.5 Å². The summed E-state index contributed by atoms with van der Waals surface area (Å²) in [5.41, 5.74) is 3.47. The fourth-order valence-corrected chi connectivity index (χ4v) is 4.15. The van der Waals surface area contributed by atoms with E-state index < -0.39 is 0 Å². The first-order chi connectivity index (χ1) is 17.7. The number of hydrogen-bond donors (Lipinski definition) is 4. The highest BCUT2D eigenvalue weighted by Crippen LogP contribution is 2.28. The first kappa shape index (κ1) is 29.4. The molecule has 3 amide bonds. The predicted octanol–water partition coefficient (Wildman–Crippen LogP) is 4.61. The normalized spacial score (nSPS) is 15.1. The van der Waals surface area contributed by atoms with Crippen LogP contribution in [0.4, 0.5) is 4.79 Å². The standard InChI is InChI=1S/C26H34N6O3.C2H6/c1-5-29-26(34)31-13-11-19-15-22(35-4)21(14-20(19)16-31)25(33)30-18(3)9-6-8-17(2)24(28)32-12-7-10-23(32)27;1-2/h6,8-9,14-15,27-28H,3,5,7,10-13,16H2,1-2,4H3,(H,29,34)(H,30,33);1-2H3/b9-6-,17-8+,27-23?,28-24?;. The van der Waals surface area contributed by atoms with E-state index in [0.717, 1.165) is 23.1 Å². The van der Waals surface area contributed by atoms with E-state index in [4.69, 9.17) is 15.6 Å². The molecule has 0 spiro atoms. The van der Waals surface area contributed by atoms with E-state index >= 15 is 0 Å². The Hall–Kier alpha value is -3.88. The van der Waals surface area contributed by atoms with Gasteiger partial charge in [0.2, 0.25) is 0 Å². The number of carbonyl (C=O) groups excluding carboxylic acids is 2. The molecule has 3 rings (SSSR count). The molecule has 2 heterocycles. The average Bonchev–Trinajstić information content (AvgIpc) is 3.33. The topological polar surface area (TPSA) is 122 Å². The number of likely N-dealkylation sites (tertiary alicyclic amines) is 1. The second-order valence-corrected chi connectivity index (χ2v) is 8.57. The molecule has 1 aromatic rings. The van der Waals surface area contributed by atoms with Gasteiger partial charge in [0, 0.05) is 38.3 Å². The van der Waals surface area contributed by atoms with E-state index in [0.29, 0.717) is 67.7 Å². The van der Waals surface area contributed by atoms with Gasteiger partial charge in [-0.3, -0.25) is 15.6 Å². The number of amides is 3. The number of methoxy groups -OCH3 is 1. The highest BCUT2D eigenvalue weighted by Gasteiger charge is 2.24. The summed E-state index contributed by atoms with van der Waals surface area (Å²) >= 11 is 0. The van der Waals surface area contributed by atoms with E-state index in [1.54, 1.807) is 34.1 Å². The molecule has 9 heteroatoms. The van der Waals surface area contributed by atoms with Crippen molar-refractivity contribution in [3.8, 4) is 5.75 Å². The van der Waals surface area contributed by atoms with E-state index in [9.17, 15) is 9.59 Å². The van der Waals surface area contributed by atoms with Crippen molar-refractivity contribution in [1.82, 2.24) is 20.4 Å². The van der Waals surface area contributed by atoms with Gasteiger partial charge in [-0.1, -0.05) is 32.6 Å². The molecule has 0 bridgehead atoms. The quantitative estimate of drug-likeness (QED) is 0.244. The van der Waals surface area contributed by atoms with Crippen LogP contribution >= 0.6 is 0 Å². The Morgan fingerprint density at radius 2 is 1.92 bits per heavy atom. The number of carbonyl (C=O) groups is 2. The molecule has 200 valence electrons.